The van der Waals surface area contributed by atoms with Gasteiger partial charge in [-0.2, -0.15) is 0 Å². The van der Waals surface area contributed by atoms with Gasteiger partial charge in [-0.05, 0) is 32.0 Å². The first-order valence-electron chi connectivity index (χ1n) is 6.43. The van der Waals surface area contributed by atoms with Crippen molar-refractivity contribution in [2.45, 2.75) is 20.0 Å². The van der Waals surface area contributed by atoms with Crippen LogP contribution in [0.5, 0.6) is 11.5 Å². The first-order chi connectivity index (χ1) is 10.0. The summed E-state index contributed by atoms with van der Waals surface area (Å²) in [7, 11) is 1.40. The molecule has 21 heavy (non-hydrogen) atoms. The maximum atomic E-state index is 11.7. The predicted octanol–water partition coefficient (Wildman–Crippen LogP) is 1.12. The first-order valence-corrected chi connectivity index (χ1v) is 6.43. The van der Waals surface area contributed by atoms with E-state index in [4.69, 9.17) is 9.47 Å². The van der Waals surface area contributed by atoms with Crippen LogP contribution in [0.25, 0.3) is 0 Å². The molecule has 7 nitrogen and oxygen atoms in total. The van der Waals surface area contributed by atoms with Crippen LogP contribution < -0.4 is 20.1 Å². The van der Waals surface area contributed by atoms with E-state index in [9.17, 15) is 14.4 Å². The van der Waals surface area contributed by atoms with E-state index in [0.29, 0.717) is 30.0 Å². The van der Waals surface area contributed by atoms with Crippen LogP contribution in [0.3, 0.4) is 0 Å². The van der Waals surface area contributed by atoms with E-state index in [0.717, 1.165) is 0 Å². The van der Waals surface area contributed by atoms with Gasteiger partial charge in [0.2, 0.25) is 0 Å². The third kappa shape index (κ3) is 4.79. The van der Waals surface area contributed by atoms with Gasteiger partial charge < -0.3 is 14.8 Å². The van der Waals surface area contributed by atoms with Crippen molar-refractivity contribution in [2.24, 2.45) is 0 Å². The summed E-state index contributed by atoms with van der Waals surface area (Å²) in [6.45, 7) is 3.68. The lowest BCUT2D eigenvalue weighted by molar-refractivity contribution is -0.126. The number of aldehydes is 1. The molecule has 114 valence electrons. The third-order valence-electron chi connectivity index (χ3n) is 2.54. The Balaban J connectivity index is 2.83. The molecule has 0 fully saturated rings. The highest BCUT2D eigenvalue weighted by Crippen LogP contribution is 2.29. The fraction of sp³-hybridized carbons (Fsp3) is 0.357. The largest absolute Gasteiger partial charge is 0.490 e. The molecule has 1 aromatic carbocycles. The minimum absolute atomic E-state index is 0.321. The Morgan fingerprint density at radius 3 is 2.62 bits per heavy atom. The fourth-order valence-electron chi connectivity index (χ4n) is 1.48. The summed E-state index contributed by atoms with van der Waals surface area (Å²) in [5, 5.41) is 4.38. The van der Waals surface area contributed by atoms with Crippen LogP contribution in [0.1, 0.15) is 24.2 Å². The molecular weight excluding hydrogens is 276 g/mol. The Bertz CT molecular complexity index is 530. The quantitative estimate of drug-likeness (QED) is 0.767. The molecule has 7 heteroatoms. The third-order valence-corrected chi connectivity index (χ3v) is 2.54. The second kappa shape index (κ2) is 7.88. The van der Waals surface area contributed by atoms with Crippen LogP contribution in [0, 0.1) is 0 Å². The van der Waals surface area contributed by atoms with Crippen molar-refractivity contribution in [2.75, 3.05) is 13.7 Å². The Labute approximate surface area is 122 Å². The van der Waals surface area contributed by atoms with E-state index in [-0.39, 0.29) is 0 Å². The summed E-state index contributed by atoms with van der Waals surface area (Å²) in [6.07, 6.45) is -0.211. The summed E-state index contributed by atoms with van der Waals surface area (Å²) in [6, 6.07) is 4.00. The van der Waals surface area contributed by atoms with Crippen LogP contribution in [0.15, 0.2) is 18.2 Å². The number of hydrogen-bond acceptors (Lipinski definition) is 5. The van der Waals surface area contributed by atoms with Gasteiger partial charge in [0.15, 0.2) is 17.6 Å². The van der Waals surface area contributed by atoms with Gasteiger partial charge in [0.1, 0.15) is 6.29 Å². The number of urea groups is 1. The molecule has 0 radical (unpaired) electrons. The Hall–Kier alpha value is -2.57. The smallest absolute Gasteiger partial charge is 0.321 e. The molecule has 0 aliphatic heterocycles. The van der Waals surface area contributed by atoms with Crippen molar-refractivity contribution in [3.05, 3.63) is 23.8 Å². The van der Waals surface area contributed by atoms with Crippen molar-refractivity contribution in [1.82, 2.24) is 10.6 Å². The van der Waals surface area contributed by atoms with Gasteiger partial charge in [-0.3, -0.25) is 14.9 Å². The zero-order valence-corrected chi connectivity index (χ0v) is 12.1. The molecule has 0 saturated heterocycles. The van der Waals surface area contributed by atoms with Gasteiger partial charge in [-0.15, -0.1) is 0 Å². The van der Waals surface area contributed by atoms with Crippen LogP contribution in [-0.2, 0) is 4.79 Å². The highest BCUT2D eigenvalue weighted by atomic mass is 16.5. The Morgan fingerprint density at radius 2 is 2.05 bits per heavy atom. The number of rotatable bonds is 6. The molecule has 0 unspecified atom stereocenters. The molecule has 0 aliphatic carbocycles. The maximum absolute atomic E-state index is 11.7. The minimum Gasteiger partial charge on any atom is -0.490 e. The SMILES string of the molecule is CCOc1cc(C=O)ccc1O[C@@H](C)C(=O)NC(=O)NC. The zero-order valence-electron chi connectivity index (χ0n) is 12.1. The molecule has 2 N–H and O–H groups in total. The number of nitrogens with one attached hydrogen (secondary N) is 2. The molecule has 0 aromatic heterocycles. The standard InChI is InChI=1S/C14H18N2O5/c1-4-20-12-7-10(8-17)5-6-11(12)21-9(2)13(18)16-14(19)15-3/h5-9H,4H2,1-3H3,(H2,15,16,18,19)/t9-/m0/s1. The average Bonchev–Trinajstić information content (AvgIpc) is 2.48. The molecule has 1 rings (SSSR count). The molecule has 0 heterocycles. The van der Waals surface area contributed by atoms with Crippen LogP contribution in [0.4, 0.5) is 4.79 Å². The van der Waals surface area contributed by atoms with Crippen LogP contribution in [0.2, 0.25) is 0 Å². The molecule has 0 aliphatic rings. The number of hydrogen-bond donors (Lipinski definition) is 2. The van der Waals surface area contributed by atoms with E-state index < -0.39 is 18.0 Å². The van der Waals surface area contributed by atoms with Crippen molar-refractivity contribution in [1.29, 1.82) is 0 Å². The van der Waals surface area contributed by atoms with Gasteiger partial charge >= 0.3 is 6.03 Å². The minimum atomic E-state index is -0.899. The summed E-state index contributed by atoms with van der Waals surface area (Å²) >= 11 is 0. The van der Waals surface area contributed by atoms with Gasteiger partial charge in [0, 0.05) is 12.6 Å². The summed E-state index contributed by atoms with van der Waals surface area (Å²) < 4.78 is 10.8. The van der Waals surface area contributed by atoms with Crippen LogP contribution in [-0.4, -0.2) is 38.0 Å². The van der Waals surface area contributed by atoms with E-state index in [1.54, 1.807) is 19.1 Å². The van der Waals surface area contributed by atoms with Crippen molar-refractivity contribution in [3.63, 3.8) is 0 Å². The number of amides is 3. The van der Waals surface area contributed by atoms with E-state index in [2.05, 4.69) is 10.6 Å². The second-order valence-electron chi connectivity index (χ2n) is 4.09. The molecular formula is C14H18N2O5. The first kappa shape index (κ1) is 16.5. The van der Waals surface area contributed by atoms with E-state index in [1.165, 1.54) is 20.0 Å². The normalized spacial score (nSPS) is 11.2. The Morgan fingerprint density at radius 1 is 1.33 bits per heavy atom. The molecule has 0 spiro atoms. The highest BCUT2D eigenvalue weighted by molar-refractivity contribution is 5.96. The second-order valence-corrected chi connectivity index (χ2v) is 4.09. The molecule has 0 bridgehead atoms. The predicted molar refractivity (Wildman–Crippen MR) is 75.7 cm³/mol. The number of ether oxygens (including phenoxy) is 2. The van der Waals surface area contributed by atoms with Crippen molar-refractivity contribution in [3.8, 4) is 11.5 Å². The van der Waals surface area contributed by atoms with Gasteiger partial charge in [0.05, 0.1) is 6.61 Å². The summed E-state index contributed by atoms with van der Waals surface area (Å²) in [4.78, 5) is 33.5. The lowest BCUT2D eigenvalue weighted by atomic mass is 10.2. The molecule has 3 amide bonds. The molecule has 1 atom stereocenters. The van der Waals surface area contributed by atoms with Crippen LogP contribution >= 0.6 is 0 Å². The van der Waals surface area contributed by atoms with Gasteiger partial charge in [0.25, 0.3) is 5.91 Å². The number of imide groups is 1. The van der Waals surface area contributed by atoms with Crippen molar-refractivity contribution >= 4 is 18.2 Å². The number of carbonyl (C=O) groups excluding carboxylic acids is 3. The van der Waals surface area contributed by atoms with Crippen molar-refractivity contribution < 1.29 is 23.9 Å². The van der Waals surface area contributed by atoms with Gasteiger partial charge in [-0.25, -0.2) is 4.79 Å². The average molecular weight is 294 g/mol. The lowest BCUT2D eigenvalue weighted by Gasteiger charge is -2.17. The molecule has 1 aromatic rings. The Kier molecular flexibility index (Phi) is 6.19. The fourth-order valence-corrected chi connectivity index (χ4v) is 1.48. The van der Waals surface area contributed by atoms with Gasteiger partial charge in [-0.1, -0.05) is 0 Å². The lowest BCUT2D eigenvalue weighted by Crippen LogP contribution is -2.44. The highest BCUT2D eigenvalue weighted by Gasteiger charge is 2.19. The molecule has 0 saturated carbocycles. The summed E-state index contributed by atoms with van der Waals surface area (Å²) in [5.41, 5.74) is 0.438. The monoisotopic (exact) mass is 294 g/mol. The summed E-state index contributed by atoms with van der Waals surface area (Å²) in [5.74, 6) is 0.0972. The topological polar surface area (TPSA) is 93.7 Å². The van der Waals surface area contributed by atoms with E-state index >= 15 is 0 Å². The maximum Gasteiger partial charge on any atom is 0.321 e. The van der Waals surface area contributed by atoms with E-state index in [1.807, 2.05) is 0 Å². The number of carbonyl (C=O) groups is 3. The zero-order chi connectivity index (χ0) is 15.8. The number of benzene rings is 1.